The first-order valence-electron chi connectivity index (χ1n) is 0. The Balaban J connectivity index is 0. The third kappa shape index (κ3) is 17.8. The van der Waals surface area contributed by atoms with E-state index in [0.717, 1.165) is 0 Å². The molecule has 0 spiro atoms. The molecule has 0 aliphatic rings. The van der Waals surface area contributed by atoms with Crippen molar-refractivity contribution in [1.82, 2.24) is 0 Å². The second-order valence-electron chi connectivity index (χ2n) is 0. The van der Waals surface area contributed by atoms with Crippen LogP contribution in [-0.4, -0.2) is 25.2 Å². The maximum absolute atomic E-state index is 0. The largest absolute Gasteiger partial charge is 0.153 e. The molecule has 0 aromatic rings. The van der Waals surface area contributed by atoms with E-state index in [1.54, 1.807) is 0 Å². The lowest BCUT2D eigenvalue weighted by Gasteiger charge is -0.153. The molecule has 0 fully saturated rings. The minimum Gasteiger partial charge on any atom is -0.153 e. The van der Waals surface area contributed by atoms with Crippen molar-refractivity contribution in [2.24, 2.45) is 0 Å². The van der Waals surface area contributed by atoms with E-state index in [0.29, 0.717) is 0 Å². The molecule has 0 nitrogen and oxygen atoms in total. The van der Waals surface area contributed by atoms with Gasteiger partial charge in [-0.05, 0) is 0 Å². The first kappa shape index (κ1) is 156. The van der Waals surface area contributed by atoms with Crippen LogP contribution < -0.4 is 0 Å². The molecule has 9 radical (unpaired) electrons. The normalized spacial score (nSPS) is 0. The summed E-state index contributed by atoms with van der Waals surface area (Å²) in [6.45, 7) is 0. The summed E-state index contributed by atoms with van der Waals surface area (Å²) in [6, 6.07) is 0. The Morgan fingerprint density at radius 1 is 0.500 bits per heavy atom. The number of hydrogen-bond acceptors (Lipinski definition) is 0. The van der Waals surface area contributed by atoms with Crippen LogP contribution in [0, 0.1) is 0 Å². The van der Waals surface area contributed by atoms with Gasteiger partial charge < -0.3 is 0 Å². The van der Waals surface area contributed by atoms with Crippen LogP contribution in [0.25, 0.3) is 0 Å². The summed E-state index contributed by atoms with van der Waals surface area (Å²) in [5.41, 5.74) is 0. The second kappa shape index (κ2) is 64.0. The summed E-state index contributed by atoms with van der Waals surface area (Å²) in [7, 11) is 0. The molecule has 0 heterocycles. The number of rotatable bonds is 0. The van der Waals surface area contributed by atoms with E-state index in [1.165, 1.54) is 0 Å². The van der Waals surface area contributed by atoms with Crippen molar-refractivity contribution in [3.05, 3.63) is 0 Å². The predicted octanol–water partition coefficient (Wildman–Crippen LogP) is -1.08. The average Bonchev–Trinajstić information content (AvgIpc) is 0. The van der Waals surface area contributed by atoms with Gasteiger partial charge in [-0.2, -0.15) is 9.90 Å². The van der Waals surface area contributed by atoms with E-state index in [1.807, 2.05) is 0 Å². The van der Waals surface area contributed by atoms with Gasteiger partial charge in [0.1, 0.15) is 0 Å². The third-order valence-corrected chi connectivity index (χ3v) is 0. The van der Waals surface area contributed by atoms with Gasteiger partial charge in [0.25, 0.3) is 0 Å². The van der Waals surface area contributed by atoms with Crippen LogP contribution in [0.5, 0.6) is 0 Å². The van der Waals surface area contributed by atoms with Gasteiger partial charge in [-0.25, -0.2) is 0 Å². The van der Waals surface area contributed by atoms with E-state index in [9.17, 15) is 0 Å². The van der Waals surface area contributed by atoms with Crippen LogP contribution in [0.4, 0.5) is 0 Å². The molecule has 0 aromatic carbocycles. The summed E-state index contributed by atoms with van der Waals surface area (Å²) >= 11 is 0. The van der Waals surface area contributed by atoms with Crippen LogP contribution in [0.2, 0.25) is 0 Å². The smallest absolute Gasteiger partial charge is 0 e. The highest BCUT2D eigenvalue weighted by Gasteiger charge is 0.00202. The summed E-state index contributed by atoms with van der Waals surface area (Å²) < 4.78 is 0. The fraction of sp³-hybridized carbons (Fsp3) is 0. The standard InChI is InChI=1S/3B.H3P/h;;;1H3. The fourth-order valence-corrected chi connectivity index (χ4v) is 0. The van der Waals surface area contributed by atoms with Crippen LogP contribution in [0.3, 0.4) is 0 Å². The monoisotopic (exact) mass is 67.0 g/mol. The minimum atomic E-state index is 0. The Labute approximate surface area is 36.1 Å². The van der Waals surface area contributed by atoms with Crippen molar-refractivity contribution in [3.63, 3.8) is 0 Å². The van der Waals surface area contributed by atoms with Gasteiger partial charge in [0.15, 0.2) is 0 Å². The molecule has 0 saturated carbocycles. The molecule has 4 heavy (non-hydrogen) atoms. The quantitative estimate of drug-likeness (QED) is 0.249. The average molecular weight is 66.4 g/mol. The molecule has 0 bridgehead atoms. The Bertz CT molecular complexity index is 3.25. The van der Waals surface area contributed by atoms with Gasteiger partial charge in [-0.15, -0.1) is 0 Å². The zero-order valence-electron chi connectivity index (χ0n) is 2.44. The molecule has 0 aliphatic carbocycles. The Morgan fingerprint density at radius 2 is 0.500 bits per heavy atom. The van der Waals surface area contributed by atoms with E-state index >= 15 is 0 Å². The minimum absolute atomic E-state index is 0. The van der Waals surface area contributed by atoms with Crippen LogP contribution in [-0.2, 0) is 0 Å². The van der Waals surface area contributed by atoms with Gasteiger partial charge in [-0.3, -0.25) is 0 Å². The highest BCUT2D eigenvalue weighted by atomic mass is 31.0. The Kier molecular flexibility index (Phi) is 2490. The van der Waals surface area contributed by atoms with Crippen LogP contribution >= 0.6 is 9.90 Å². The van der Waals surface area contributed by atoms with Gasteiger partial charge in [0.2, 0.25) is 0 Å². The van der Waals surface area contributed by atoms with Gasteiger partial charge in [0, 0.05) is 25.2 Å². The number of hydrogen-bond donors (Lipinski definition) is 0. The second-order valence-corrected chi connectivity index (χ2v) is 0. The van der Waals surface area contributed by atoms with Crippen LogP contribution in [0.15, 0.2) is 0 Å². The summed E-state index contributed by atoms with van der Waals surface area (Å²) in [5, 5.41) is 0. The van der Waals surface area contributed by atoms with Crippen molar-refractivity contribution >= 4 is 35.1 Å². The van der Waals surface area contributed by atoms with E-state index in [4.69, 9.17) is 0 Å². The fourth-order valence-electron chi connectivity index (χ4n) is 0. The van der Waals surface area contributed by atoms with Crippen molar-refractivity contribution in [1.29, 1.82) is 0 Å². The van der Waals surface area contributed by atoms with Crippen molar-refractivity contribution in [2.75, 3.05) is 0 Å². The lowest BCUT2D eigenvalue weighted by atomic mass is 10.8. The zero-order valence-corrected chi connectivity index (χ0v) is 3.85. The highest BCUT2D eigenvalue weighted by molar-refractivity contribution is 6.92. The third-order valence-electron chi connectivity index (χ3n) is 0. The molecular weight excluding hydrogens is 63.4 g/mol. The van der Waals surface area contributed by atoms with E-state index < -0.39 is 0 Å². The van der Waals surface area contributed by atoms with Crippen molar-refractivity contribution in [3.8, 4) is 0 Å². The summed E-state index contributed by atoms with van der Waals surface area (Å²) in [6.07, 6.45) is 0. The molecular formula is H3B3P. The predicted molar refractivity (Wildman–Crippen MR) is 28.4 cm³/mol. The first-order valence-corrected chi connectivity index (χ1v) is 0. The molecule has 0 saturated heterocycles. The summed E-state index contributed by atoms with van der Waals surface area (Å²) in [5.74, 6) is 0. The molecule has 0 aromatic heterocycles. The van der Waals surface area contributed by atoms with Gasteiger partial charge in [-0.1, -0.05) is 0 Å². The molecule has 1 unspecified atom stereocenters. The van der Waals surface area contributed by atoms with Crippen molar-refractivity contribution in [2.45, 2.75) is 0 Å². The molecule has 1 atom stereocenters. The molecule has 17 valence electrons. The lowest BCUT2D eigenvalue weighted by molar-refractivity contribution is 5.75. The molecule has 0 aliphatic heterocycles. The Hall–Kier alpha value is 0.625. The van der Waals surface area contributed by atoms with E-state index in [2.05, 4.69) is 0 Å². The van der Waals surface area contributed by atoms with Gasteiger partial charge in [0.05, 0.1) is 0 Å². The van der Waals surface area contributed by atoms with Crippen LogP contribution in [0.1, 0.15) is 0 Å². The summed E-state index contributed by atoms with van der Waals surface area (Å²) in [4.78, 5) is 0. The molecule has 0 rings (SSSR count). The maximum Gasteiger partial charge on any atom is 0 e. The zero-order chi connectivity index (χ0) is 0. The van der Waals surface area contributed by atoms with Gasteiger partial charge >= 0.3 is 0 Å². The first-order chi connectivity index (χ1) is 0. The topological polar surface area (TPSA) is 0 Å². The molecule has 0 amide bonds. The maximum atomic E-state index is 0. The lowest BCUT2D eigenvalue weighted by Crippen LogP contribution is -0.382. The Morgan fingerprint density at radius 3 is 0.500 bits per heavy atom. The molecule has 4 heteroatoms. The highest BCUT2D eigenvalue weighted by Crippen LogP contribution is 0.861. The van der Waals surface area contributed by atoms with Crippen molar-refractivity contribution < 1.29 is 0 Å². The van der Waals surface area contributed by atoms with E-state index in [-0.39, 0.29) is 35.1 Å². The SMILES string of the molecule is P.[B].[B].[B]. The molecule has 0 N–H and O–H groups in total.